The van der Waals surface area contributed by atoms with Gasteiger partial charge in [0.25, 0.3) is 10.1 Å². The summed E-state index contributed by atoms with van der Waals surface area (Å²) in [5.41, 5.74) is 12.3. The summed E-state index contributed by atoms with van der Waals surface area (Å²) < 4.78 is 71.1. The highest BCUT2D eigenvalue weighted by Crippen LogP contribution is 2.48. The van der Waals surface area contributed by atoms with Gasteiger partial charge in [-0.2, -0.15) is 13.0 Å². The van der Waals surface area contributed by atoms with Gasteiger partial charge in [-0.05, 0) is 107 Å². The quantitative estimate of drug-likeness (QED) is 0.0270. The molecule has 318 valence electrons. The molecule has 4 rings (SSSR count). The highest BCUT2D eigenvalue weighted by atomic mass is 32.2. The lowest BCUT2D eigenvalue weighted by Gasteiger charge is -2.25. The van der Waals surface area contributed by atoms with E-state index in [0.29, 0.717) is 45.4 Å². The molecule has 2 N–H and O–H groups in total. The van der Waals surface area contributed by atoms with Gasteiger partial charge in [-0.3, -0.25) is 9.35 Å². The highest BCUT2D eigenvalue weighted by molar-refractivity contribution is 7.86. The Morgan fingerprint density at radius 2 is 1.57 bits per heavy atom. The van der Waals surface area contributed by atoms with Crippen molar-refractivity contribution in [1.82, 2.24) is 10.2 Å². The number of carbonyl (C=O) groups is 1. The number of nitrogens with one attached hydrogen (secondary N) is 1. The Kier molecular flexibility index (Phi) is 17.5. The number of hydrogen-bond acceptors (Lipinski definition) is 9. The van der Waals surface area contributed by atoms with Crippen LogP contribution in [-0.4, -0.2) is 92.8 Å². The van der Waals surface area contributed by atoms with Crippen LogP contribution < -0.4 is 10.2 Å². The Balaban J connectivity index is 0.00000117. The van der Waals surface area contributed by atoms with Gasteiger partial charge in [0.1, 0.15) is 16.7 Å². The highest BCUT2D eigenvalue weighted by Gasteiger charge is 2.45. The molecule has 58 heavy (non-hydrogen) atoms. The summed E-state index contributed by atoms with van der Waals surface area (Å²) in [4.78, 5) is 18.9. The maximum absolute atomic E-state index is 12.2. The molecule has 2 aliphatic heterocycles. The first-order chi connectivity index (χ1) is 27.3. The van der Waals surface area contributed by atoms with E-state index in [9.17, 15) is 30.7 Å². The lowest BCUT2D eigenvalue weighted by atomic mass is 9.81. The molecule has 16 heteroatoms. The van der Waals surface area contributed by atoms with Crippen LogP contribution in [0.5, 0.6) is 0 Å². The van der Waals surface area contributed by atoms with Gasteiger partial charge in [0, 0.05) is 71.9 Å². The molecule has 0 saturated heterocycles. The molecule has 0 radical (unpaired) electrons. The number of likely N-dealkylation sites (N-methyl/N-ethyl adjacent to an activating group) is 1. The Morgan fingerprint density at radius 3 is 2.16 bits per heavy atom. The van der Waals surface area contributed by atoms with Gasteiger partial charge in [0.15, 0.2) is 5.71 Å². The van der Waals surface area contributed by atoms with Crippen LogP contribution in [0.1, 0.15) is 98.6 Å². The lowest BCUT2D eigenvalue weighted by molar-refractivity contribution is -0.438. The molecule has 0 fully saturated rings. The molecule has 0 atom stereocenters. The summed E-state index contributed by atoms with van der Waals surface area (Å²) in [6, 6.07) is 9.13. The van der Waals surface area contributed by atoms with E-state index in [1.165, 1.54) is 43.9 Å². The van der Waals surface area contributed by atoms with Crippen molar-refractivity contribution in [2.75, 3.05) is 50.7 Å². The minimum atomic E-state index is -4.60. The van der Waals surface area contributed by atoms with E-state index in [1.54, 1.807) is 12.1 Å². The summed E-state index contributed by atoms with van der Waals surface area (Å²) in [7, 11) is -9.00. The fourth-order valence-electron chi connectivity index (χ4n) is 7.48. The molecule has 1 amide bonds. The number of fused-ring (bicyclic) bond motifs is 2. The molecular weight excluding hydrogens is 779 g/mol. The van der Waals surface area contributed by atoms with E-state index in [0.717, 1.165) is 46.8 Å². The van der Waals surface area contributed by atoms with Crippen LogP contribution in [0.3, 0.4) is 0 Å². The Hall–Kier alpha value is -4.31. The van der Waals surface area contributed by atoms with E-state index >= 15 is 0 Å². The van der Waals surface area contributed by atoms with Gasteiger partial charge in [-0.15, -0.1) is 0 Å². The summed E-state index contributed by atoms with van der Waals surface area (Å²) in [6.07, 6.45) is 12.9. The number of rotatable bonds is 19. The average Bonchev–Trinajstić information content (AvgIpc) is 3.52. The van der Waals surface area contributed by atoms with E-state index in [1.807, 2.05) is 65.0 Å². The molecule has 0 aromatic heterocycles. The predicted molar refractivity (Wildman–Crippen MR) is 229 cm³/mol. The Morgan fingerprint density at radius 1 is 0.914 bits per heavy atom. The minimum absolute atomic E-state index is 0.0506. The van der Waals surface area contributed by atoms with Crippen LogP contribution in [0.15, 0.2) is 87.4 Å². The van der Waals surface area contributed by atoms with Crippen molar-refractivity contribution < 1.29 is 35.3 Å². The normalized spacial score (nSPS) is 16.5. The number of hydrogen-bond donors (Lipinski definition) is 2. The van der Waals surface area contributed by atoms with Gasteiger partial charge >= 0.3 is 0 Å². The van der Waals surface area contributed by atoms with E-state index in [2.05, 4.69) is 50.5 Å². The van der Waals surface area contributed by atoms with Crippen molar-refractivity contribution in [1.29, 1.82) is 0 Å². The summed E-state index contributed by atoms with van der Waals surface area (Å²) in [6.45, 7) is 22.2. The van der Waals surface area contributed by atoms with E-state index in [-0.39, 0.29) is 15.7 Å². The minimum Gasteiger partial charge on any atom is -0.744 e. The molecule has 0 aliphatic carbocycles. The zero-order valence-corrected chi connectivity index (χ0v) is 36.9. The first-order valence-electron chi connectivity index (χ1n) is 20.0. The smallest absolute Gasteiger partial charge is 0.294 e. The first kappa shape index (κ1) is 48.1. The molecule has 14 nitrogen and oxygen atoms in total. The molecule has 0 unspecified atom stereocenters. The number of carbonyl (C=O) groups excluding carboxylic acids is 1. The Bertz CT molecular complexity index is 2160. The molecule has 2 heterocycles. The average molecular weight is 840 g/mol. The fourth-order valence-corrected chi connectivity index (χ4v) is 8.48. The third-order valence-electron chi connectivity index (χ3n) is 10.8. The second-order valence-electron chi connectivity index (χ2n) is 15.2. The maximum atomic E-state index is 12.2. The second kappa shape index (κ2) is 21.1. The summed E-state index contributed by atoms with van der Waals surface area (Å²) >= 11 is 0. The summed E-state index contributed by atoms with van der Waals surface area (Å²) in [5.74, 6) is -0.0506. The van der Waals surface area contributed by atoms with E-state index < -0.39 is 31.1 Å². The SMILES string of the molecule is CCN(CC)CC.CCN1\C(=C/C=C/C=C/C2=[N+](CCCCCC(=O)NCCCN=[N+]=[N-])c3ccc(S(=O)(=O)O)cc3C2(C)C)C(C)(C)c2cc(S(=O)(=O)[O-])ccc21. The van der Waals surface area contributed by atoms with Gasteiger partial charge in [-0.25, -0.2) is 8.42 Å². The monoisotopic (exact) mass is 839 g/mol. The topological polar surface area (TPSA) is 199 Å². The van der Waals surface area contributed by atoms with Gasteiger partial charge in [-0.1, -0.05) is 58.0 Å². The van der Waals surface area contributed by atoms with Crippen molar-refractivity contribution in [3.05, 3.63) is 94.0 Å². The molecule has 0 saturated carbocycles. The van der Waals surface area contributed by atoms with Crippen LogP contribution >= 0.6 is 0 Å². The summed E-state index contributed by atoms with van der Waals surface area (Å²) in [5, 5.41) is 6.29. The second-order valence-corrected chi connectivity index (χ2v) is 18.0. The Labute approximate surface area is 345 Å². The number of nitrogens with zero attached hydrogens (tertiary/aromatic N) is 6. The van der Waals surface area contributed by atoms with Crippen molar-refractivity contribution in [3.63, 3.8) is 0 Å². The maximum Gasteiger partial charge on any atom is 0.294 e. The predicted octanol–water partition coefficient (Wildman–Crippen LogP) is 7.75. The van der Waals surface area contributed by atoms with Crippen molar-refractivity contribution in [2.24, 2.45) is 5.11 Å². The van der Waals surface area contributed by atoms with Crippen molar-refractivity contribution in [3.8, 4) is 0 Å². The van der Waals surface area contributed by atoms with Crippen LogP contribution in [-0.2, 0) is 35.9 Å². The molecule has 0 bridgehead atoms. The number of unbranched alkanes of at least 4 members (excludes halogenated alkanes) is 2. The van der Waals surface area contributed by atoms with Crippen molar-refractivity contribution in [2.45, 2.75) is 108 Å². The molecule has 2 aliphatic rings. The third kappa shape index (κ3) is 12.1. The number of amides is 1. The van der Waals surface area contributed by atoms with Gasteiger partial charge < -0.3 is 19.7 Å². The van der Waals surface area contributed by atoms with Crippen LogP contribution in [0.2, 0.25) is 0 Å². The van der Waals surface area contributed by atoms with Crippen LogP contribution in [0, 0.1) is 0 Å². The van der Waals surface area contributed by atoms with Gasteiger partial charge in [0.2, 0.25) is 11.6 Å². The number of benzene rings is 2. The fraction of sp³-hybridized carbons (Fsp3) is 0.524. The zero-order chi connectivity index (χ0) is 43.3. The molecule has 2 aromatic rings. The molecule has 0 spiro atoms. The lowest BCUT2D eigenvalue weighted by Crippen LogP contribution is -2.28. The molecule has 2 aromatic carbocycles. The zero-order valence-electron chi connectivity index (χ0n) is 35.2. The van der Waals surface area contributed by atoms with Crippen LogP contribution in [0.4, 0.5) is 11.4 Å². The van der Waals surface area contributed by atoms with Crippen LogP contribution in [0.25, 0.3) is 10.4 Å². The van der Waals surface area contributed by atoms with E-state index in [4.69, 9.17) is 5.53 Å². The van der Waals surface area contributed by atoms with Crippen molar-refractivity contribution >= 4 is 43.2 Å². The molecular formula is C42H61N7O7S2. The standard InChI is InChI=1S/C36H46N6O7S2.C6H15N/c1-6-41-30-19-17-26(50(44,45)46)24-28(30)35(2,3)32(41)14-9-7-10-15-33-36(4,5)29-25-27(51(47,48)49)18-20-31(29)42(33)23-12-8-11-16-34(43)38-21-13-22-39-40-37;1-4-7(5-2)6-3/h7,9-10,14-15,17-20,24-25H,6,8,11-13,16,21-23H2,1-5H3,(H2-,38,43,44,45,46,47,48,49);4-6H2,1-3H3. The third-order valence-corrected chi connectivity index (χ3v) is 12.5. The largest absolute Gasteiger partial charge is 0.744 e. The number of azide groups is 1. The number of anilines is 1. The first-order valence-corrected chi connectivity index (χ1v) is 22.8. The number of allylic oxidation sites excluding steroid dienone is 6. The van der Waals surface area contributed by atoms with Gasteiger partial charge in [0.05, 0.1) is 15.2 Å².